The third-order valence-corrected chi connectivity index (χ3v) is 2.78. The van der Waals surface area contributed by atoms with Crippen molar-refractivity contribution in [2.45, 2.75) is 6.92 Å². The Hall–Kier alpha value is -3.49. The molecule has 0 atom stereocenters. The molecule has 0 heterocycles. The Morgan fingerprint density at radius 1 is 1.04 bits per heavy atom. The smallest absolute Gasteiger partial charge is 0.308 e. The standard InChI is InChI=1S/C14H11N3O6/c1-9(18)23-12-5-2-10(3-6-12)15-13-7-4-11(16(19)20)8-14(13)17(21)22/h2-8,15H,1H3. The molecule has 0 radical (unpaired) electrons. The second-order valence-electron chi connectivity index (χ2n) is 4.46. The summed E-state index contributed by atoms with van der Waals surface area (Å²) in [7, 11) is 0. The Balaban J connectivity index is 2.27. The summed E-state index contributed by atoms with van der Waals surface area (Å²) < 4.78 is 4.87. The molecule has 9 nitrogen and oxygen atoms in total. The number of hydrogen-bond acceptors (Lipinski definition) is 7. The average molecular weight is 317 g/mol. The van der Waals surface area contributed by atoms with Crippen molar-refractivity contribution in [1.82, 2.24) is 0 Å². The van der Waals surface area contributed by atoms with Crippen molar-refractivity contribution in [3.05, 3.63) is 62.7 Å². The molecule has 0 unspecified atom stereocenters. The summed E-state index contributed by atoms with van der Waals surface area (Å²) in [5.74, 6) is -0.127. The molecule has 0 aromatic heterocycles. The summed E-state index contributed by atoms with van der Waals surface area (Å²) >= 11 is 0. The van der Waals surface area contributed by atoms with Gasteiger partial charge in [0.15, 0.2) is 0 Å². The minimum absolute atomic E-state index is 0.112. The van der Waals surface area contributed by atoms with E-state index in [4.69, 9.17) is 4.74 Å². The van der Waals surface area contributed by atoms with E-state index < -0.39 is 21.5 Å². The largest absolute Gasteiger partial charge is 0.427 e. The maximum atomic E-state index is 11.0. The van der Waals surface area contributed by atoms with E-state index in [0.29, 0.717) is 11.4 Å². The lowest BCUT2D eigenvalue weighted by atomic mass is 10.2. The number of rotatable bonds is 5. The van der Waals surface area contributed by atoms with E-state index >= 15 is 0 Å². The molecular weight excluding hydrogens is 306 g/mol. The zero-order chi connectivity index (χ0) is 17.0. The normalized spacial score (nSPS) is 9.96. The fourth-order valence-corrected chi connectivity index (χ4v) is 1.82. The predicted octanol–water partition coefficient (Wildman–Crippen LogP) is 3.17. The summed E-state index contributed by atoms with van der Waals surface area (Å²) in [4.78, 5) is 31.2. The monoisotopic (exact) mass is 317 g/mol. The topological polar surface area (TPSA) is 125 Å². The average Bonchev–Trinajstić information content (AvgIpc) is 2.48. The Morgan fingerprint density at radius 3 is 2.22 bits per heavy atom. The third kappa shape index (κ3) is 4.00. The van der Waals surface area contributed by atoms with Crippen LogP contribution in [0, 0.1) is 20.2 Å². The fraction of sp³-hybridized carbons (Fsp3) is 0.0714. The Morgan fingerprint density at radius 2 is 1.70 bits per heavy atom. The van der Waals surface area contributed by atoms with Crippen LogP contribution in [0.5, 0.6) is 5.75 Å². The van der Waals surface area contributed by atoms with Crippen molar-refractivity contribution >= 4 is 28.7 Å². The number of nitro benzene ring substituents is 2. The lowest BCUT2D eigenvalue weighted by Gasteiger charge is -2.08. The van der Waals surface area contributed by atoms with E-state index in [1.54, 1.807) is 12.1 Å². The van der Waals surface area contributed by atoms with E-state index in [1.165, 1.54) is 31.2 Å². The number of benzene rings is 2. The van der Waals surface area contributed by atoms with E-state index in [2.05, 4.69) is 5.32 Å². The van der Waals surface area contributed by atoms with Gasteiger partial charge in [0, 0.05) is 18.7 Å². The van der Waals surface area contributed by atoms with Crippen LogP contribution in [0.25, 0.3) is 0 Å². The molecular formula is C14H11N3O6. The third-order valence-electron chi connectivity index (χ3n) is 2.78. The van der Waals surface area contributed by atoms with Crippen molar-refractivity contribution < 1.29 is 19.4 Å². The van der Waals surface area contributed by atoms with Gasteiger partial charge in [-0.3, -0.25) is 25.0 Å². The van der Waals surface area contributed by atoms with Gasteiger partial charge in [-0.15, -0.1) is 0 Å². The second kappa shape index (κ2) is 6.52. The van der Waals surface area contributed by atoms with Gasteiger partial charge >= 0.3 is 5.97 Å². The van der Waals surface area contributed by atoms with Crippen molar-refractivity contribution in [1.29, 1.82) is 0 Å². The number of esters is 1. The Labute approximate surface area is 129 Å². The maximum absolute atomic E-state index is 11.0. The van der Waals surface area contributed by atoms with E-state index in [9.17, 15) is 25.0 Å². The van der Waals surface area contributed by atoms with Gasteiger partial charge in [-0.2, -0.15) is 0 Å². The van der Waals surface area contributed by atoms with Gasteiger partial charge in [-0.05, 0) is 30.3 Å². The quantitative estimate of drug-likeness (QED) is 0.388. The van der Waals surface area contributed by atoms with Crippen LogP contribution in [-0.2, 0) is 4.79 Å². The molecule has 2 aromatic rings. The lowest BCUT2D eigenvalue weighted by Crippen LogP contribution is -2.01. The van der Waals surface area contributed by atoms with Gasteiger partial charge in [-0.25, -0.2) is 0 Å². The van der Waals surface area contributed by atoms with Gasteiger partial charge < -0.3 is 10.1 Å². The van der Waals surface area contributed by atoms with Crippen LogP contribution in [0.3, 0.4) is 0 Å². The number of nitro groups is 2. The zero-order valence-corrected chi connectivity index (χ0v) is 11.9. The minimum atomic E-state index is -0.706. The zero-order valence-electron chi connectivity index (χ0n) is 11.9. The first-order valence-corrected chi connectivity index (χ1v) is 6.35. The van der Waals surface area contributed by atoms with Gasteiger partial charge in [0.25, 0.3) is 11.4 Å². The van der Waals surface area contributed by atoms with Gasteiger partial charge in [0.1, 0.15) is 11.4 Å². The molecule has 0 bridgehead atoms. The van der Waals surface area contributed by atoms with Gasteiger partial charge in [0.05, 0.1) is 15.9 Å². The SMILES string of the molecule is CC(=O)Oc1ccc(Nc2ccc([N+](=O)[O-])cc2[N+](=O)[O-])cc1. The van der Waals surface area contributed by atoms with E-state index in [1.807, 2.05) is 0 Å². The first-order chi connectivity index (χ1) is 10.9. The minimum Gasteiger partial charge on any atom is -0.427 e. The summed E-state index contributed by atoms with van der Waals surface area (Å²) in [5.41, 5.74) is -0.172. The molecule has 2 aromatic carbocycles. The number of carbonyl (C=O) groups excluding carboxylic acids is 1. The van der Waals surface area contributed by atoms with Crippen molar-refractivity contribution in [3.63, 3.8) is 0 Å². The van der Waals surface area contributed by atoms with Gasteiger partial charge in [-0.1, -0.05) is 0 Å². The van der Waals surface area contributed by atoms with E-state index in [0.717, 1.165) is 6.07 Å². The first kappa shape index (κ1) is 15.9. The molecule has 2 rings (SSSR count). The predicted molar refractivity (Wildman–Crippen MR) is 80.8 cm³/mol. The van der Waals surface area contributed by atoms with Crippen LogP contribution in [0.15, 0.2) is 42.5 Å². The molecule has 0 aliphatic rings. The number of anilines is 2. The number of non-ortho nitro benzene ring substituents is 1. The number of nitrogens with one attached hydrogen (secondary N) is 1. The second-order valence-corrected chi connectivity index (χ2v) is 4.46. The molecule has 0 saturated heterocycles. The van der Waals surface area contributed by atoms with Crippen LogP contribution < -0.4 is 10.1 Å². The highest BCUT2D eigenvalue weighted by molar-refractivity contribution is 5.73. The molecule has 0 aliphatic heterocycles. The van der Waals surface area contributed by atoms with Crippen molar-refractivity contribution in [2.24, 2.45) is 0 Å². The van der Waals surface area contributed by atoms with Crippen LogP contribution >= 0.6 is 0 Å². The molecule has 9 heteroatoms. The lowest BCUT2D eigenvalue weighted by molar-refractivity contribution is -0.393. The molecule has 23 heavy (non-hydrogen) atoms. The molecule has 118 valence electrons. The highest BCUT2D eigenvalue weighted by atomic mass is 16.6. The molecule has 1 N–H and O–H groups in total. The molecule has 0 amide bonds. The Kier molecular flexibility index (Phi) is 4.50. The number of hydrogen-bond donors (Lipinski definition) is 1. The molecule has 0 spiro atoms. The molecule has 0 saturated carbocycles. The summed E-state index contributed by atoms with van der Waals surface area (Å²) in [6, 6.07) is 9.46. The van der Waals surface area contributed by atoms with Crippen molar-refractivity contribution in [3.8, 4) is 5.75 Å². The van der Waals surface area contributed by atoms with Crippen LogP contribution in [0.2, 0.25) is 0 Å². The fourth-order valence-electron chi connectivity index (χ4n) is 1.82. The first-order valence-electron chi connectivity index (χ1n) is 6.35. The number of carbonyl (C=O) groups is 1. The van der Waals surface area contributed by atoms with Gasteiger partial charge in [0.2, 0.25) is 0 Å². The number of nitrogens with zero attached hydrogens (tertiary/aromatic N) is 2. The van der Waals surface area contributed by atoms with Crippen molar-refractivity contribution in [2.75, 3.05) is 5.32 Å². The highest BCUT2D eigenvalue weighted by Gasteiger charge is 2.19. The van der Waals surface area contributed by atoms with Crippen LogP contribution in [-0.4, -0.2) is 15.8 Å². The summed E-state index contributed by atoms with van der Waals surface area (Å²) in [5, 5.41) is 24.5. The number of ether oxygens (including phenoxy) is 1. The van der Waals surface area contributed by atoms with Crippen LogP contribution in [0.1, 0.15) is 6.92 Å². The highest BCUT2D eigenvalue weighted by Crippen LogP contribution is 2.31. The van der Waals surface area contributed by atoms with Crippen LogP contribution in [0.4, 0.5) is 22.7 Å². The van der Waals surface area contributed by atoms with E-state index in [-0.39, 0.29) is 11.4 Å². The maximum Gasteiger partial charge on any atom is 0.308 e. The molecule has 0 fully saturated rings. The molecule has 0 aliphatic carbocycles. The summed E-state index contributed by atoms with van der Waals surface area (Å²) in [6.07, 6.45) is 0. The Bertz CT molecular complexity index is 773. The summed E-state index contributed by atoms with van der Waals surface area (Å²) in [6.45, 7) is 1.27.